The van der Waals surface area contributed by atoms with Gasteiger partial charge in [-0.3, -0.25) is 4.79 Å². The van der Waals surface area contributed by atoms with Gasteiger partial charge < -0.3 is 10.6 Å². The molecule has 0 aliphatic carbocycles. The number of carbonyl (C=O) groups is 1. The van der Waals surface area contributed by atoms with Crippen LogP contribution < -0.4 is 10.6 Å². The third kappa shape index (κ3) is 4.73. The predicted octanol–water partition coefficient (Wildman–Crippen LogP) is 4.96. The van der Waals surface area contributed by atoms with E-state index in [9.17, 15) is 4.79 Å². The highest BCUT2D eigenvalue weighted by atomic mass is 35.5. The van der Waals surface area contributed by atoms with Crippen LogP contribution in [0.15, 0.2) is 48.5 Å². The Morgan fingerprint density at radius 1 is 1.07 bits per heavy atom. The minimum absolute atomic E-state index is 0.158. The van der Waals surface area contributed by atoms with Gasteiger partial charge in [-0.1, -0.05) is 35.3 Å². The first-order valence-corrected chi connectivity index (χ1v) is 8.59. The first-order valence-electron chi connectivity index (χ1n) is 7.84. The summed E-state index contributed by atoms with van der Waals surface area (Å²) in [6.07, 6.45) is 0. The van der Waals surface area contributed by atoms with E-state index < -0.39 is 5.91 Å². The van der Waals surface area contributed by atoms with Crippen LogP contribution in [0.4, 0.5) is 17.3 Å². The maximum Gasteiger partial charge on any atom is 0.274 e. The molecule has 3 rings (SSSR count). The zero-order chi connectivity index (χ0) is 19.4. The Balaban J connectivity index is 1.86. The lowest BCUT2D eigenvalue weighted by atomic mass is 10.2. The summed E-state index contributed by atoms with van der Waals surface area (Å²) in [5.41, 5.74) is 2.13. The number of amides is 1. The largest absolute Gasteiger partial charge is 0.324 e. The van der Waals surface area contributed by atoms with E-state index in [-0.39, 0.29) is 11.6 Å². The zero-order valence-corrected chi connectivity index (χ0v) is 15.6. The molecule has 27 heavy (non-hydrogen) atoms. The van der Waals surface area contributed by atoms with Crippen molar-refractivity contribution in [3.8, 4) is 6.07 Å². The topological polar surface area (TPSA) is 90.7 Å². The third-order valence-electron chi connectivity index (χ3n) is 3.50. The number of rotatable bonds is 4. The number of nitrogens with zero attached hydrogens (tertiary/aromatic N) is 3. The van der Waals surface area contributed by atoms with Crippen LogP contribution in [0.5, 0.6) is 0 Å². The molecular weight excluding hydrogens is 385 g/mol. The minimum Gasteiger partial charge on any atom is -0.324 e. The van der Waals surface area contributed by atoms with E-state index in [0.717, 1.165) is 0 Å². The number of anilines is 3. The maximum absolute atomic E-state index is 12.6. The Morgan fingerprint density at radius 3 is 2.48 bits per heavy atom. The first-order chi connectivity index (χ1) is 12.9. The Kier molecular flexibility index (Phi) is 5.55. The van der Waals surface area contributed by atoms with Gasteiger partial charge in [0.15, 0.2) is 0 Å². The van der Waals surface area contributed by atoms with Crippen molar-refractivity contribution < 1.29 is 4.79 Å². The van der Waals surface area contributed by atoms with Crippen LogP contribution in [0.3, 0.4) is 0 Å². The average molecular weight is 398 g/mol. The number of halogens is 2. The van der Waals surface area contributed by atoms with Crippen molar-refractivity contribution in [2.45, 2.75) is 6.92 Å². The molecule has 0 saturated heterocycles. The summed E-state index contributed by atoms with van der Waals surface area (Å²) in [5, 5.41) is 15.7. The normalized spacial score (nSPS) is 10.1. The van der Waals surface area contributed by atoms with Gasteiger partial charge in [0.2, 0.25) is 5.95 Å². The fraction of sp³-hybridized carbons (Fsp3) is 0.0526. The number of nitriles is 1. The second kappa shape index (κ2) is 8.04. The number of hydrogen-bond acceptors (Lipinski definition) is 5. The van der Waals surface area contributed by atoms with E-state index in [1.165, 1.54) is 0 Å². The Labute approximate surface area is 165 Å². The highest BCUT2D eigenvalue weighted by Gasteiger charge is 2.13. The second-order valence-electron chi connectivity index (χ2n) is 5.61. The molecule has 1 heterocycles. The molecule has 6 nitrogen and oxygen atoms in total. The van der Waals surface area contributed by atoms with Crippen LogP contribution in [0.1, 0.15) is 21.7 Å². The van der Waals surface area contributed by atoms with Crippen LogP contribution in [0.25, 0.3) is 0 Å². The number of para-hydroxylation sites is 1. The third-order valence-corrected chi connectivity index (χ3v) is 3.94. The average Bonchev–Trinajstić information content (AvgIpc) is 2.60. The summed E-state index contributed by atoms with van der Waals surface area (Å²) in [6.45, 7) is 1.75. The number of nitrogens with one attached hydrogen (secondary N) is 2. The van der Waals surface area contributed by atoms with Gasteiger partial charge in [-0.15, -0.1) is 0 Å². The van der Waals surface area contributed by atoms with Crippen LogP contribution in [0, 0.1) is 18.3 Å². The number of carbonyl (C=O) groups excluding carboxylic acids is 1. The van der Waals surface area contributed by atoms with Gasteiger partial charge in [0.1, 0.15) is 11.8 Å². The lowest BCUT2D eigenvalue weighted by Gasteiger charge is -2.10. The van der Waals surface area contributed by atoms with E-state index in [0.29, 0.717) is 32.7 Å². The van der Waals surface area contributed by atoms with E-state index in [1.54, 1.807) is 55.5 Å². The molecule has 0 radical (unpaired) electrons. The van der Waals surface area contributed by atoms with Gasteiger partial charge in [0, 0.05) is 21.4 Å². The van der Waals surface area contributed by atoms with Gasteiger partial charge >= 0.3 is 0 Å². The van der Waals surface area contributed by atoms with Crippen LogP contribution in [0.2, 0.25) is 10.0 Å². The minimum atomic E-state index is -0.449. The fourth-order valence-corrected chi connectivity index (χ4v) is 2.90. The van der Waals surface area contributed by atoms with E-state index in [1.807, 2.05) is 6.07 Å². The molecule has 0 unspecified atom stereocenters. The van der Waals surface area contributed by atoms with Crippen molar-refractivity contribution in [2.75, 3.05) is 10.6 Å². The van der Waals surface area contributed by atoms with Crippen molar-refractivity contribution in [1.29, 1.82) is 5.26 Å². The summed E-state index contributed by atoms with van der Waals surface area (Å²) < 4.78 is 0. The molecule has 1 aromatic heterocycles. The molecule has 0 aliphatic heterocycles. The number of aromatic nitrogens is 2. The lowest BCUT2D eigenvalue weighted by molar-refractivity contribution is 0.102. The highest BCUT2D eigenvalue weighted by molar-refractivity contribution is 6.35. The smallest absolute Gasteiger partial charge is 0.274 e. The van der Waals surface area contributed by atoms with Crippen molar-refractivity contribution in [3.05, 3.63) is 75.5 Å². The van der Waals surface area contributed by atoms with E-state index in [4.69, 9.17) is 28.5 Å². The van der Waals surface area contributed by atoms with Crippen LogP contribution in [-0.2, 0) is 0 Å². The molecule has 2 N–H and O–H groups in total. The number of aryl methyl sites for hydroxylation is 1. The molecular formula is C19H13Cl2N5O. The second-order valence-corrected chi connectivity index (χ2v) is 6.49. The van der Waals surface area contributed by atoms with Crippen molar-refractivity contribution >= 4 is 46.4 Å². The fourth-order valence-electron chi connectivity index (χ4n) is 2.37. The lowest BCUT2D eigenvalue weighted by Crippen LogP contribution is -2.16. The van der Waals surface area contributed by atoms with Gasteiger partial charge in [-0.2, -0.15) is 5.26 Å². The summed E-state index contributed by atoms with van der Waals surface area (Å²) in [5.74, 6) is -0.220. The summed E-state index contributed by atoms with van der Waals surface area (Å²) >= 11 is 12.0. The van der Waals surface area contributed by atoms with Crippen molar-refractivity contribution in [2.24, 2.45) is 0 Å². The molecule has 1 amide bonds. The summed E-state index contributed by atoms with van der Waals surface area (Å²) in [4.78, 5) is 21.1. The number of hydrogen-bond donors (Lipinski definition) is 2. The van der Waals surface area contributed by atoms with E-state index in [2.05, 4.69) is 20.6 Å². The van der Waals surface area contributed by atoms with Gasteiger partial charge in [0.05, 0.1) is 11.3 Å². The number of benzene rings is 2. The maximum atomic E-state index is 12.6. The van der Waals surface area contributed by atoms with Crippen LogP contribution in [-0.4, -0.2) is 15.9 Å². The Hall–Kier alpha value is -3.14. The first kappa shape index (κ1) is 18.6. The van der Waals surface area contributed by atoms with E-state index >= 15 is 0 Å². The summed E-state index contributed by atoms with van der Waals surface area (Å²) in [6, 6.07) is 15.3. The monoisotopic (exact) mass is 397 g/mol. The van der Waals surface area contributed by atoms with Crippen molar-refractivity contribution in [1.82, 2.24) is 9.97 Å². The molecule has 2 aromatic carbocycles. The Morgan fingerprint density at radius 2 is 1.78 bits per heavy atom. The molecule has 0 saturated carbocycles. The zero-order valence-electron chi connectivity index (χ0n) is 14.1. The SMILES string of the molecule is Cc1cc(C(=O)Nc2ccccc2C#N)nc(Nc2cc(Cl)cc(Cl)c2)n1. The van der Waals surface area contributed by atoms with Gasteiger partial charge in [-0.05, 0) is 43.3 Å². The van der Waals surface area contributed by atoms with Gasteiger partial charge in [0.25, 0.3) is 5.91 Å². The standard InChI is InChI=1S/C19H13Cl2N5O/c1-11-6-17(18(27)25-16-5-3-2-4-12(16)10-22)26-19(23-11)24-15-8-13(20)7-14(21)9-15/h2-9H,1H3,(H,25,27)(H,23,24,26). The molecule has 0 spiro atoms. The van der Waals surface area contributed by atoms with Gasteiger partial charge in [-0.25, -0.2) is 9.97 Å². The van der Waals surface area contributed by atoms with Crippen LogP contribution >= 0.6 is 23.2 Å². The summed E-state index contributed by atoms with van der Waals surface area (Å²) in [7, 11) is 0. The molecule has 3 aromatic rings. The molecule has 8 heteroatoms. The van der Waals surface area contributed by atoms with Crippen molar-refractivity contribution in [3.63, 3.8) is 0 Å². The molecule has 0 aliphatic rings. The Bertz CT molecular complexity index is 1040. The molecule has 0 bridgehead atoms. The highest BCUT2D eigenvalue weighted by Crippen LogP contribution is 2.24. The molecule has 134 valence electrons. The molecule has 0 fully saturated rings. The quantitative estimate of drug-likeness (QED) is 0.648. The molecule has 0 atom stereocenters. The predicted molar refractivity (Wildman–Crippen MR) is 106 cm³/mol.